The fraction of sp³-hybridized carbons (Fsp3) is 0.440. The van der Waals surface area contributed by atoms with Crippen molar-refractivity contribution in [1.82, 2.24) is 10.2 Å². The SMILES string of the molecule is CC[C@H](C(=O)NC(C)(C)C)N(Cc1ccccc1)C(=O)COc1cc(C)c(Cl)c(C)c1. The van der Waals surface area contributed by atoms with E-state index in [2.05, 4.69) is 5.32 Å². The normalized spacial score (nSPS) is 12.2. The molecule has 0 radical (unpaired) electrons. The van der Waals surface area contributed by atoms with Crippen LogP contribution < -0.4 is 10.1 Å². The van der Waals surface area contributed by atoms with E-state index >= 15 is 0 Å². The van der Waals surface area contributed by atoms with Crippen molar-refractivity contribution in [3.8, 4) is 5.75 Å². The lowest BCUT2D eigenvalue weighted by molar-refractivity contribution is -0.143. The summed E-state index contributed by atoms with van der Waals surface area (Å²) in [6.45, 7) is 11.7. The average Bonchev–Trinajstić information content (AvgIpc) is 2.69. The summed E-state index contributed by atoms with van der Waals surface area (Å²) >= 11 is 6.23. The van der Waals surface area contributed by atoms with Crippen LogP contribution in [-0.2, 0) is 16.1 Å². The molecule has 0 unspecified atom stereocenters. The van der Waals surface area contributed by atoms with Crippen molar-refractivity contribution in [1.29, 1.82) is 0 Å². The fourth-order valence-electron chi connectivity index (χ4n) is 3.37. The molecule has 0 saturated carbocycles. The number of hydrogen-bond acceptors (Lipinski definition) is 3. The Bertz CT molecular complexity index is 884. The van der Waals surface area contributed by atoms with E-state index in [4.69, 9.17) is 16.3 Å². The van der Waals surface area contributed by atoms with E-state index in [0.717, 1.165) is 16.7 Å². The van der Waals surface area contributed by atoms with Crippen molar-refractivity contribution in [3.63, 3.8) is 0 Å². The summed E-state index contributed by atoms with van der Waals surface area (Å²) in [4.78, 5) is 27.8. The van der Waals surface area contributed by atoms with Crippen LogP contribution in [0.4, 0.5) is 0 Å². The van der Waals surface area contributed by atoms with Crippen LogP contribution in [0.1, 0.15) is 50.8 Å². The highest BCUT2D eigenvalue weighted by atomic mass is 35.5. The number of amides is 2. The van der Waals surface area contributed by atoms with Crippen LogP contribution in [0, 0.1) is 13.8 Å². The molecule has 6 heteroatoms. The molecule has 0 bridgehead atoms. The van der Waals surface area contributed by atoms with Gasteiger partial charge in [0.1, 0.15) is 11.8 Å². The first-order chi connectivity index (χ1) is 14.5. The van der Waals surface area contributed by atoms with Crippen molar-refractivity contribution >= 4 is 23.4 Å². The van der Waals surface area contributed by atoms with Gasteiger partial charge in [-0.3, -0.25) is 9.59 Å². The highest BCUT2D eigenvalue weighted by molar-refractivity contribution is 6.32. The third-order valence-corrected chi connectivity index (χ3v) is 5.45. The zero-order valence-electron chi connectivity index (χ0n) is 19.3. The summed E-state index contributed by atoms with van der Waals surface area (Å²) in [7, 11) is 0. The van der Waals surface area contributed by atoms with Gasteiger partial charge in [0, 0.05) is 17.1 Å². The first-order valence-electron chi connectivity index (χ1n) is 10.6. The maximum atomic E-state index is 13.2. The van der Waals surface area contributed by atoms with Crippen LogP contribution >= 0.6 is 11.6 Å². The minimum absolute atomic E-state index is 0.160. The number of hydrogen-bond donors (Lipinski definition) is 1. The van der Waals surface area contributed by atoms with Gasteiger partial charge in [-0.15, -0.1) is 0 Å². The maximum absolute atomic E-state index is 13.2. The number of carbonyl (C=O) groups excluding carboxylic acids is 2. The topological polar surface area (TPSA) is 58.6 Å². The number of halogens is 1. The highest BCUT2D eigenvalue weighted by Gasteiger charge is 2.30. The monoisotopic (exact) mass is 444 g/mol. The van der Waals surface area contributed by atoms with Gasteiger partial charge in [-0.25, -0.2) is 0 Å². The van der Waals surface area contributed by atoms with Crippen molar-refractivity contribution in [2.24, 2.45) is 0 Å². The van der Waals surface area contributed by atoms with E-state index in [-0.39, 0.29) is 24.0 Å². The lowest BCUT2D eigenvalue weighted by Crippen LogP contribution is -2.54. The van der Waals surface area contributed by atoms with Crippen molar-refractivity contribution in [2.75, 3.05) is 6.61 Å². The molecule has 0 heterocycles. The van der Waals surface area contributed by atoms with E-state index < -0.39 is 6.04 Å². The lowest BCUT2D eigenvalue weighted by atomic mass is 10.1. The van der Waals surface area contributed by atoms with E-state index in [1.165, 1.54) is 0 Å². The third-order valence-electron chi connectivity index (χ3n) is 4.85. The summed E-state index contributed by atoms with van der Waals surface area (Å²) in [5.74, 6) is 0.169. The van der Waals surface area contributed by atoms with Gasteiger partial charge in [0.05, 0.1) is 0 Å². The summed E-state index contributed by atoms with van der Waals surface area (Å²) in [6, 6.07) is 12.7. The Morgan fingerprint density at radius 2 is 1.68 bits per heavy atom. The van der Waals surface area contributed by atoms with Gasteiger partial charge in [-0.2, -0.15) is 0 Å². The second-order valence-corrected chi connectivity index (χ2v) is 9.21. The molecule has 1 atom stereocenters. The molecule has 0 fully saturated rings. The third kappa shape index (κ3) is 7.28. The molecular formula is C25H33ClN2O3. The molecule has 168 valence electrons. The van der Waals surface area contributed by atoms with Crippen LogP contribution in [0.15, 0.2) is 42.5 Å². The van der Waals surface area contributed by atoms with Gasteiger partial charge in [0.25, 0.3) is 5.91 Å². The predicted molar refractivity (Wildman–Crippen MR) is 125 cm³/mol. The van der Waals surface area contributed by atoms with Crippen molar-refractivity contribution in [2.45, 2.75) is 66.1 Å². The quantitative estimate of drug-likeness (QED) is 0.619. The number of nitrogens with zero attached hydrogens (tertiary/aromatic N) is 1. The Morgan fingerprint density at radius 1 is 1.10 bits per heavy atom. The smallest absolute Gasteiger partial charge is 0.261 e. The molecule has 2 aromatic rings. The Morgan fingerprint density at radius 3 is 2.19 bits per heavy atom. The second-order valence-electron chi connectivity index (χ2n) is 8.83. The van der Waals surface area contributed by atoms with Gasteiger partial charge >= 0.3 is 0 Å². The first-order valence-corrected chi connectivity index (χ1v) is 10.9. The number of aryl methyl sites for hydroxylation is 2. The maximum Gasteiger partial charge on any atom is 0.261 e. The Hall–Kier alpha value is -2.53. The molecule has 5 nitrogen and oxygen atoms in total. The average molecular weight is 445 g/mol. The van der Waals surface area contributed by atoms with E-state index in [1.807, 2.05) is 84.0 Å². The molecule has 2 aromatic carbocycles. The fourth-order valence-corrected chi connectivity index (χ4v) is 3.48. The van der Waals surface area contributed by atoms with Crippen LogP contribution in [0.3, 0.4) is 0 Å². The van der Waals surface area contributed by atoms with Crippen LogP contribution in [0.25, 0.3) is 0 Å². The largest absolute Gasteiger partial charge is 0.484 e. The van der Waals surface area contributed by atoms with E-state index in [1.54, 1.807) is 4.90 Å². The standard InChI is InChI=1S/C25H33ClN2O3/c1-7-21(24(30)27-25(4,5)6)28(15-19-11-9-8-10-12-19)22(29)16-31-20-13-17(2)23(26)18(3)14-20/h8-14,21H,7,15-16H2,1-6H3,(H,27,30)/t21-/m1/s1. The number of carbonyl (C=O) groups is 2. The van der Waals surface area contributed by atoms with Gasteiger partial charge in [-0.05, 0) is 69.9 Å². The Balaban J connectivity index is 2.24. The molecule has 0 spiro atoms. The summed E-state index contributed by atoms with van der Waals surface area (Å²) < 4.78 is 5.80. The molecule has 2 amide bonds. The number of rotatable bonds is 8. The van der Waals surface area contributed by atoms with E-state index in [0.29, 0.717) is 23.7 Å². The van der Waals surface area contributed by atoms with Gasteiger partial charge in [0.2, 0.25) is 5.91 Å². The number of ether oxygens (including phenoxy) is 1. The molecular weight excluding hydrogens is 412 g/mol. The lowest BCUT2D eigenvalue weighted by Gasteiger charge is -2.33. The Kier molecular flexibility index (Phi) is 8.52. The highest BCUT2D eigenvalue weighted by Crippen LogP contribution is 2.26. The zero-order valence-corrected chi connectivity index (χ0v) is 20.0. The van der Waals surface area contributed by atoms with Crippen LogP contribution in [0.5, 0.6) is 5.75 Å². The molecule has 31 heavy (non-hydrogen) atoms. The van der Waals surface area contributed by atoms with Gasteiger partial charge in [0.15, 0.2) is 6.61 Å². The summed E-state index contributed by atoms with van der Waals surface area (Å²) in [5, 5.41) is 3.69. The Labute approximate surface area is 190 Å². The summed E-state index contributed by atoms with van der Waals surface area (Å²) in [5.41, 5.74) is 2.35. The number of nitrogens with one attached hydrogen (secondary N) is 1. The van der Waals surface area contributed by atoms with Crippen LogP contribution in [-0.4, -0.2) is 34.9 Å². The second kappa shape index (κ2) is 10.7. The molecule has 0 aliphatic rings. The molecule has 0 saturated heterocycles. The minimum Gasteiger partial charge on any atom is -0.484 e. The first kappa shape index (κ1) is 24.7. The molecule has 1 N–H and O–H groups in total. The molecule has 2 rings (SSSR count). The van der Waals surface area contributed by atoms with E-state index in [9.17, 15) is 9.59 Å². The summed E-state index contributed by atoms with van der Waals surface area (Å²) in [6.07, 6.45) is 0.500. The van der Waals surface area contributed by atoms with Gasteiger partial charge < -0.3 is 15.0 Å². The number of benzene rings is 2. The van der Waals surface area contributed by atoms with Crippen LogP contribution in [0.2, 0.25) is 5.02 Å². The molecule has 0 aromatic heterocycles. The van der Waals surface area contributed by atoms with Crippen molar-refractivity contribution < 1.29 is 14.3 Å². The molecule has 0 aliphatic carbocycles. The predicted octanol–water partition coefficient (Wildman–Crippen LogP) is 5.06. The van der Waals surface area contributed by atoms with Gasteiger partial charge in [-0.1, -0.05) is 48.9 Å². The zero-order chi connectivity index (χ0) is 23.2. The minimum atomic E-state index is -0.593. The molecule has 0 aliphatic heterocycles. The van der Waals surface area contributed by atoms with Crippen molar-refractivity contribution in [3.05, 3.63) is 64.2 Å².